The van der Waals surface area contributed by atoms with Gasteiger partial charge in [-0.1, -0.05) is 12.1 Å². The molecule has 0 aliphatic carbocycles. The maximum absolute atomic E-state index is 13.3. The van der Waals surface area contributed by atoms with Crippen LogP contribution in [0.5, 0.6) is 0 Å². The Balaban J connectivity index is 2.85. The second-order valence-corrected chi connectivity index (χ2v) is 3.93. The zero-order valence-corrected chi connectivity index (χ0v) is 8.63. The van der Waals surface area contributed by atoms with Gasteiger partial charge in [-0.05, 0) is 31.5 Å². The van der Waals surface area contributed by atoms with Crippen LogP contribution in [0.3, 0.4) is 0 Å². The Bertz CT molecular complexity index is 339. The standard InChI is InChI=1S/C11H15F2NO/c1-11(15,5-6-14)7-8-3-2-4-9(12)10(8)13/h2-4,15H,5-7,14H2,1H3. The topological polar surface area (TPSA) is 46.2 Å². The predicted octanol–water partition coefficient (Wildman–Crippen LogP) is 1.61. The zero-order valence-electron chi connectivity index (χ0n) is 8.63. The number of benzene rings is 1. The first kappa shape index (κ1) is 12.1. The lowest BCUT2D eigenvalue weighted by Gasteiger charge is -2.22. The van der Waals surface area contributed by atoms with Crippen LogP contribution in [0.1, 0.15) is 18.9 Å². The normalized spacial score (nSPS) is 15.0. The molecule has 1 unspecified atom stereocenters. The SMILES string of the molecule is CC(O)(CCN)Cc1cccc(F)c1F. The maximum Gasteiger partial charge on any atom is 0.162 e. The van der Waals surface area contributed by atoms with Crippen LogP contribution in [0.2, 0.25) is 0 Å². The minimum absolute atomic E-state index is 0.0633. The van der Waals surface area contributed by atoms with Gasteiger partial charge in [0.05, 0.1) is 5.60 Å². The van der Waals surface area contributed by atoms with Crippen molar-refractivity contribution in [1.29, 1.82) is 0 Å². The van der Waals surface area contributed by atoms with Gasteiger partial charge in [-0.15, -0.1) is 0 Å². The molecule has 0 fully saturated rings. The van der Waals surface area contributed by atoms with E-state index in [-0.39, 0.29) is 12.0 Å². The third-order valence-corrected chi connectivity index (χ3v) is 2.29. The third-order valence-electron chi connectivity index (χ3n) is 2.29. The average Bonchev–Trinajstić information content (AvgIpc) is 2.12. The summed E-state index contributed by atoms with van der Waals surface area (Å²) in [7, 11) is 0. The van der Waals surface area contributed by atoms with Crippen LogP contribution in [-0.2, 0) is 6.42 Å². The van der Waals surface area contributed by atoms with Crippen molar-refractivity contribution < 1.29 is 13.9 Å². The van der Waals surface area contributed by atoms with Gasteiger partial charge in [-0.3, -0.25) is 0 Å². The van der Waals surface area contributed by atoms with Gasteiger partial charge in [0.2, 0.25) is 0 Å². The van der Waals surface area contributed by atoms with E-state index in [2.05, 4.69) is 0 Å². The minimum Gasteiger partial charge on any atom is -0.390 e. The van der Waals surface area contributed by atoms with Crippen LogP contribution in [0, 0.1) is 11.6 Å². The molecule has 4 heteroatoms. The lowest BCUT2D eigenvalue weighted by molar-refractivity contribution is 0.0529. The fourth-order valence-electron chi connectivity index (χ4n) is 1.49. The maximum atomic E-state index is 13.3. The largest absolute Gasteiger partial charge is 0.390 e. The quantitative estimate of drug-likeness (QED) is 0.801. The van der Waals surface area contributed by atoms with Gasteiger partial charge in [-0.2, -0.15) is 0 Å². The van der Waals surface area contributed by atoms with Crippen LogP contribution in [-0.4, -0.2) is 17.3 Å². The Kier molecular flexibility index (Phi) is 3.77. The summed E-state index contributed by atoms with van der Waals surface area (Å²) in [6.45, 7) is 1.87. The fraction of sp³-hybridized carbons (Fsp3) is 0.455. The molecule has 0 bridgehead atoms. The van der Waals surface area contributed by atoms with Gasteiger partial charge in [0, 0.05) is 6.42 Å². The Hall–Kier alpha value is -1.00. The molecule has 0 saturated heterocycles. The summed E-state index contributed by atoms with van der Waals surface area (Å²) in [5.41, 5.74) is 4.39. The highest BCUT2D eigenvalue weighted by molar-refractivity contribution is 5.20. The molecule has 0 heterocycles. The minimum atomic E-state index is -1.09. The highest BCUT2D eigenvalue weighted by Crippen LogP contribution is 2.20. The molecule has 0 spiro atoms. The van der Waals surface area contributed by atoms with E-state index in [0.29, 0.717) is 13.0 Å². The first-order chi connectivity index (χ1) is 6.96. The molecule has 2 nitrogen and oxygen atoms in total. The van der Waals surface area contributed by atoms with Crippen molar-refractivity contribution >= 4 is 0 Å². The second-order valence-electron chi connectivity index (χ2n) is 3.93. The predicted molar refractivity (Wildman–Crippen MR) is 54.4 cm³/mol. The number of halogens is 2. The molecule has 1 aromatic rings. The lowest BCUT2D eigenvalue weighted by Crippen LogP contribution is -2.30. The van der Waals surface area contributed by atoms with Crippen LogP contribution >= 0.6 is 0 Å². The number of hydrogen-bond acceptors (Lipinski definition) is 2. The highest BCUT2D eigenvalue weighted by Gasteiger charge is 2.22. The molecule has 84 valence electrons. The van der Waals surface area contributed by atoms with Crippen molar-refractivity contribution in [3.8, 4) is 0 Å². The molecule has 0 aliphatic heterocycles. The third kappa shape index (κ3) is 3.25. The first-order valence-corrected chi connectivity index (χ1v) is 4.81. The van der Waals surface area contributed by atoms with E-state index in [9.17, 15) is 13.9 Å². The van der Waals surface area contributed by atoms with E-state index < -0.39 is 17.2 Å². The number of hydrogen-bond donors (Lipinski definition) is 2. The van der Waals surface area contributed by atoms with Crippen molar-refractivity contribution in [2.75, 3.05) is 6.54 Å². The van der Waals surface area contributed by atoms with Crippen LogP contribution in [0.15, 0.2) is 18.2 Å². The first-order valence-electron chi connectivity index (χ1n) is 4.81. The Morgan fingerprint density at radius 3 is 2.67 bits per heavy atom. The summed E-state index contributed by atoms with van der Waals surface area (Å²) in [5.74, 6) is -1.79. The van der Waals surface area contributed by atoms with Gasteiger partial charge in [-0.25, -0.2) is 8.78 Å². The molecule has 0 saturated carbocycles. The van der Waals surface area contributed by atoms with Gasteiger partial charge < -0.3 is 10.8 Å². The molecule has 1 rings (SSSR count). The molecule has 3 N–H and O–H groups in total. The Morgan fingerprint density at radius 1 is 1.40 bits per heavy atom. The van der Waals surface area contributed by atoms with Crippen molar-refractivity contribution in [2.24, 2.45) is 5.73 Å². The number of aliphatic hydroxyl groups is 1. The van der Waals surface area contributed by atoms with Crippen LogP contribution < -0.4 is 5.73 Å². The molecule has 0 aromatic heterocycles. The van der Waals surface area contributed by atoms with E-state index in [1.807, 2.05) is 0 Å². The molecule has 0 radical (unpaired) electrons. The van der Waals surface area contributed by atoms with Crippen molar-refractivity contribution in [3.63, 3.8) is 0 Å². The number of nitrogens with two attached hydrogens (primary N) is 1. The zero-order chi connectivity index (χ0) is 11.5. The molecule has 0 aliphatic rings. The Labute approximate surface area is 87.7 Å². The van der Waals surface area contributed by atoms with E-state index in [0.717, 1.165) is 6.07 Å². The lowest BCUT2D eigenvalue weighted by atomic mass is 9.93. The Morgan fingerprint density at radius 2 is 2.07 bits per heavy atom. The highest BCUT2D eigenvalue weighted by atomic mass is 19.2. The second kappa shape index (κ2) is 4.68. The summed E-state index contributed by atoms with van der Waals surface area (Å²) < 4.78 is 26.1. The fourth-order valence-corrected chi connectivity index (χ4v) is 1.49. The van der Waals surface area contributed by atoms with E-state index in [4.69, 9.17) is 5.73 Å². The van der Waals surface area contributed by atoms with Gasteiger partial charge in [0.1, 0.15) is 0 Å². The van der Waals surface area contributed by atoms with E-state index >= 15 is 0 Å². The van der Waals surface area contributed by atoms with Crippen LogP contribution in [0.4, 0.5) is 8.78 Å². The van der Waals surface area contributed by atoms with Gasteiger partial charge >= 0.3 is 0 Å². The molecular formula is C11H15F2NO. The van der Waals surface area contributed by atoms with Crippen LogP contribution in [0.25, 0.3) is 0 Å². The monoisotopic (exact) mass is 215 g/mol. The molecule has 1 aromatic carbocycles. The average molecular weight is 215 g/mol. The molecule has 15 heavy (non-hydrogen) atoms. The smallest absolute Gasteiger partial charge is 0.162 e. The van der Waals surface area contributed by atoms with Crippen molar-refractivity contribution in [2.45, 2.75) is 25.4 Å². The summed E-state index contributed by atoms with van der Waals surface area (Å²) in [6.07, 6.45) is 0.413. The van der Waals surface area contributed by atoms with Gasteiger partial charge in [0.15, 0.2) is 11.6 Å². The molecule has 1 atom stereocenters. The summed E-state index contributed by atoms with van der Waals surface area (Å²) in [6, 6.07) is 3.94. The van der Waals surface area contributed by atoms with Gasteiger partial charge in [0.25, 0.3) is 0 Å². The number of rotatable bonds is 4. The molecular weight excluding hydrogens is 200 g/mol. The molecule has 0 amide bonds. The summed E-state index contributed by atoms with van der Waals surface area (Å²) >= 11 is 0. The van der Waals surface area contributed by atoms with E-state index in [1.165, 1.54) is 12.1 Å². The van der Waals surface area contributed by atoms with Crippen molar-refractivity contribution in [1.82, 2.24) is 0 Å². The summed E-state index contributed by atoms with van der Waals surface area (Å²) in [4.78, 5) is 0. The van der Waals surface area contributed by atoms with Crippen molar-refractivity contribution in [3.05, 3.63) is 35.4 Å². The van der Waals surface area contributed by atoms with E-state index in [1.54, 1.807) is 6.92 Å². The summed E-state index contributed by atoms with van der Waals surface area (Å²) in [5, 5.41) is 9.81.